The van der Waals surface area contributed by atoms with E-state index in [0.29, 0.717) is 18.2 Å². The summed E-state index contributed by atoms with van der Waals surface area (Å²) in [5.41, 5.74) is 4.96. The molecule has 0 aliphatic rings. The van der Waals surface area contributed by atoms with Crippen LogP contribution in [0.1, 0.15) is 23.6 Å². The van der Waals surface area contributed by atoms with Gasteiger partial charge in [-0.1, -0.05) is 54.1 Å². The van der Waals surface area contributed by atoms with Gasteiger partial charge < -0.3 is 15.7 Å². The number of nitrogens with zero attached hydrogens (tertiary/aromatic N) is 3. The van der Waals surface area contributed by atoms with Crippen LogP contribution in [0.3, 0.4) is 0 Å². The number of nitrogens with one attached hydrogen (secondary N) is 2. The Hall–Kier alpha value is -3.77. The molecule has 156 valence electrons. The third-order valence-corrected chi connectivity index (χ3v) is 5.00. The third-order valence-electron chi connectivity index (χ3n) is 5.00. The number of rotatable bonds is 8. The zero-order chi connectivity index (χ0) is 21.5. The van der Waals surface area contributed by atoms with Crippen molar-refractivity contribution in [3.8, 4) is 11.1 Å². The molecule has 2 heterocycles. The maximum absolute atomic E-state index is 9.64. The molecule has 2 aromatic heterocycles. The van der Waals surface area contributed by atoms with E-state index in [0.717, 1.165) is 22.4 Å². The quantitative estimate of drug-likeness (QED) is 0.373. The summed E-state index contributed by atoms with van der Waals surface area (Å²) in [6, 6.07) is 21.9. The highest BCUT2D eigenvalue weighted by molar-refractivity contribution is 5.75. The summed E-state index contributed by atoms with van der Waals surface area (Å²) in [4.78, 5) is 13.5. The maximum atomic E-state index is 9.64. The molecule has 0 aliphatic heterocycles. The third kappa shape index (κ3) is 5.24. The normalized spacial score (nSPS) is 11.7. The van der Waals surface area contributed by atoms with Gasteiger partial charge in [0.1, 0.15) is 5.82 Å². The Labute approximate surface area is 182 Å². The highest BCUT2D eigenvalue weighted by atomic mass is 16.3. The van der Waals surface area contributed by atoms with Crippen LogP contribution in [0.2, 0.25) is 0 Å². The smallest absolute Gasteiger partial charge is 0.229 e. The predicted molar refractivity (Wildman–Crippen MR) is 124 cm³/mol. The summed E-state index contributed by atoms with van der Waals surface area (Å²) in [5.74, 6) is 1.18. The molecule has 0 saturated heterocycles. The van der Waals surface area contributed by atoms with Crippen molar-refractivity contribution in [3.63, 3.8) is 0 Å². The van der Waals surface area contributed by atoms with Crippen LogP contribution in [0.5, 0.6) is 0 Å². The van der Waals surface area contributed by atoms with Crippen LogP contribution >= 0.6 is 0 Å². The Morgan fingerprint density at radius 1 is 0.935 bits per heavy atom. The zero-order valence-electron chi connectivity index (χ0n) is 17.4. The van der Waals surface area contributed by atoms with E-state index in [2.05, 4.69) is 27.5 Å². The van der Waals surface area contributed by atoms with E-state index >= 15 is 0 Å². The standard InChI is InChI=1S/C25H25N5O/c1-18-9-11-21(12-10-18)28-25-27-17-22(20-8-5-14-26-16-20)24(30-25)29-23(13-15-31)19-6-3-2-4-7-19/h2-12,14,16-17,23,31H,13,15H2,1H3,(H2,27,28,29,30). The van der Waals surface area contributed by atoms with E-state index in [1.54, 1.807) is 18.6 Å². The van der Waals surface area contributed by atoms with Crippen LogP contribution in [-0.2, 0) is 0 Å². The van der Waals surface area contributed by atoms with Crippen molar-refractivity contribution >= 4 is 17.5 Å². The Morgan fingerprint density at radius 2 is 1.74 bits per heavy atom. The van der Waals surface area contributed by atoms with Crippen molar-refractivity contribution in [2.45, 2.75) is 19.4 Å². The molecule has 3 N–H and O–H groups in total. The molecule has 0 radical (unpaired) electrons. The van der Waals surface area contributed by atoms with Gasteiger partial charge in [-0.3, -0.25) is 4.98 Å². The summed E-state index contributed by atoms with van der Waals surface area (Å²) in [5, 5.41) is 16.4. The van der Waals surface area contributed by atoms with Gasteiger partial charge in [-0.25, -0.2) is 4.98 Å². The fourth-order valence-corrected chi connectivity index (χ4v) is 3.35. The summed E-state index contributed by atoms with van der Waals surface area (Å²) in [6.07, 6.45) is 5.88. The molecule has 1 unspecified atom stereocenters. The van der Waals surface area contributed by atoms with Gasteiger partial charge >= 0.3 is 0 Å². The number of benzene rings is 2. The van der Waals surface area contributed by atoms with E-state index in [1.165, 1.54) is 5.56 Å². The van der Waals surface area contributed by atoms with Crippen LogP contribution < -0.4 is 10.6 Å². The number of aromatic nitrogens is 3. The number of aliphatic hydroxyl groups is 1. The Kier molecular flexibility index (Phi) is 6.50. The average molecular weight is 412 g/mol. The molecule has 1 atom stereocenters. The fourth-order valence-electron chi connectivity index (χ4n) is 3.35. The van der Waals surface area contributed by atoms with Crippen LogP contribution in [0.4, 0.5) is 17.5 Å². The fraction of sp³-hybridized carbons (Fsp3) is 0.160. The molecular weight excluding hydrogens is 386 g/mol. The largest absolute Gasteiger partial charge is 0.396 e. The second-order valence-electron chi connectivity index (χ2n) is 7.31. The van der Waals surface area contributed by atoms with Gasteiger partial charge in [0.25, 0.3) is 0 Å². The monoisotopic (exact) mass is 411 g/mol. The Balaban J connectivity index is 1.70. The van der Waals surface area contributed by atoms with Crippen LogP contribution in [0.15, 0.2) is 85.3 Å². The maximum Gasteiger partial charge on any atom is 0.229 e. The molecule has 0 saturated carbocycles. The number of anilines is 3. The first-order valence-electron chi connectivity index (χ1n) is 10.3. The lowest BCUT2D eigenvalue weighted by Gasteiger charge is -2.21. The van der Waals surface area contributed by atoms with Crippen LogP contribution in [-0.4, -0.2) is 26.7 Å². The molecule has 0 aliphatic carbocycles. The minimum atomic E-state index is -0.0938. The molecule has 6 heteroatoms. The van der Waals surface area contributed by atoms with Crippen molar-refractivity contribution < 1.29 is 5.11 Å². The zero-order valence-corrected chi connectivity index (χ0v) is 17.4. The molecular formula is C25H25N5O. The molecule has 2 aromatic carbocycles. The summed E-state index contributed by atoms with van der Waals surface area (Å²) in [6.45, 7) is 2.12. The van der Waals surface area contributed by atoms with Gasteiger partial charge in [0.2, 0.25) is 5.95 Å². The van der Waals surface area contributed by atoms with Gasteiger partial charge in [0.15, 0.2) is 0 Å². The number of hydrogen-bond acceptors (Lipinski definition) is 6. The van der Waals surface area contributed by atoms with E-state index in [4.69, 9.17) is 4.98 Å². The molecule has 0 fully saturated rings. The highest BCUT2D eigenvalue weighted by Crippen LogP contribution is 2.31. The van der Waals surface area contributed by atoms with Crippen molar-refractivity contribution in [3.05, 3.63) is 96.4 Å². The first-order chi connectivity index (χ1) is 15.2. The Morgan fingerprint density at radius 3 is 2.45 bits per heavy atom. The summed E-state index contributed by atoms with van der Waals surface area (Å²) >= 11 is 0. The molecule has 0 amide bonds. The minimum absolute atomic E-state index is 0.0638. The van der Waals surface area contributed by atoms with Crippen molar-refractivity contribution in [1.29, 1.82) is 0 Å². The molecule has 0 spiro atoms. The topological polar surface area (TPSA) is 83.0 Å². The van der Waals surface area contributed by atoms with Crippen molar-refractivity contribution in [2.24, 2.45) is 0 Å². The molecule has 4 rings (SSSR count). The van der Waals surface area contributed by atoms with Gasteiger partial charge in [0, 0.05) is 42.0 Å². The number of aliphatic hydroxyl groups excluding tert-OH is 1. The highest BCUT2D eigenvalue weighted by Gasteiger charge is 2.16. The first-order valence-corrected chi connectivity index (χ1v) is 10.3. The molecule has 4 aromatic rings. The van der Waals surface area contributed by atoms with E-state index in [1.807, 2.05) is 66.7 Å². The molecule has 0 bridgehead atoms. The van der Waals surface area contributed by atoms with Crippen molar-refractivity contribution in [1.82, 2.24) is 15.0 Å². The summed E-state index contributed by atoms with van der Waals surface area (Å²) < 4.78 is 0. The van der Waals surface area contributed by atoms with Crippen LogP contribution in [0.25, 0.3) is 11.1 Å². The molecule has 31 heavy (non-hydrogen) atoms. The average Bonchev–Trinajstić information content (AvgIpc) is 2.82. The van der Waals surface area contributed by atoms with Gasteiger partial charge in [-0.05, 0) is 37.1 Å². The second-order valence-corrected chi connectivity index (χ2v) is 7.31. The van der Waals surface area contributed by atoms with Gasteiger partial charge in [0.05, 0.1) is 6.04 Å². The second kappa shape index (κ2) is 9.82. The lowest BCUT2D eigenvalue weighted by molar-refractivity contribution is 0.280. The Bertz CT molecular complexity index is 1100. The first kappa shape index (κ1) is 20.5. The lowest BCUT2D eigenvalue weighted by atomic mass is 10.0. The number of hydrogen-bond donors (Lipinski definition) is 3. The predicted octanol–water partition coefficient (Wildman–Crippen LogP) is 5.13. The van der Waals surface area contributed by atoms with Gasteiger partial charge in [-0.2, -0.15) is 4.98 Å². The van der Waals surface area contributed by atoms with E-state index in [9.17, 15) is 5.11 Å². The molecule has 6 nitrogen and oxygen atoms in total. The van der Waals surface area contributed by atoms with E-state index < -0.39 is 0 Å². The van der Waals surface area contributed by atoms with Gasteiger partial charge in [-0.15, -0.1) is 0 Å². The van der Waals surface area contributed by atoms with Crippen LogP contribution in [0, 0.1) is 6.92 Å². The van der Waals surface area contributed by atoms with Crippen molar-refractivity contribution in [2.75, 3.05) is 17.2 Å². The van der Waals surface area contributed by atoms with E-state index in [-0.39, 0.29) is 12.6 Å². The minimum Gasteiger partial charge on any atom is -0.396 e. The number of aryl methyl sites for hydroxylation is 1. The SMILES string of the molecule is Cc1ccc(Nc2ncc(-c3cccnc3)c(NC(CCO)c3ccccc3)n2)cc1. The summed E-state index contributed by atoms with van der Waals surface area (Å²) in [7, 11) is 0. The lowest BCUT2D eigenvalue weighted by Crippen LogP contribution is -2.15. The number of pyridine rings is 1.